The molecule has 0 aliphatic rings. The minimum atomic E-state index is 0.398. The van der Waals surface area contributed by atoms with Crippen molar-refractivity contribution in [1.82, 2.24) is 5.32 Å². The summed E-state index contributed by atoms with van der Waals surface area (Å²) in [6.45, 7) is 7.47. The average molecular weight is 257 g/mol. The van der Waals surface area contributed by atoms with Gasteiger partial charge in [0.1, 0.15) is 5.76 Å². The smallest absolute Gasteiger partial charge is 0.103 e. The van der Waals surface area contributed by atoms with Crippen LogP contribution in [-0.4, -0.2) is 6.54 Å². The zero-order chi connectivity index (χ0) is 13.7. The van der Waals surface area contributed by atoms with Gasteiger partial charge in [-0.1, -0.05) is 25.1 Å². The van der Waals surface area contributed by atoms with Crippen molar-refractivity contribution in [2.75, 3.05) is 6.54 Å². The predicted molar refractivity (Wildman–Crippen MR) is 79.4 cm³/mol. The van der Waals surface area contributed by atoms with Crippen molar-refractivity contribution in [3.63, 3.8) is 0 Å². The molecule has 1 N–H and O–H groups in total. The number of hydrogen-bond donors (Lipinski definition) is 1. The zero-order valence-corrected chi connectivity index (χ0v) is 12.1. The number of nitrogens with one attached hydrogen (secondary N) is 1. The molecule has 0 amide bonds. The standard InChI is InChI=1S/C17H23NO/c1-4-18-17(10-9-16-6-5-11-19-16)15-8-7-13(2)14(3)12-15/h5-8,11-12,17-18H,4,9-10H2,1-3H3. The lowest BCUT2D eigenvalue weighted by molar-refractivity contribution is 0.458. The fourth-order valence-electron chi connectivity index (χ4n) is 2.36. The van der Waals surface area contributed by atoms with Crippen LogP contribution in [0.15, 0.2) is 41.0 Å². The maximum absolute atomic E-state index is 5.41. The lowest BCUT2D eigenvalue weighted by Gasteiger charge is -2.19. The van der Waals surface area contributed by atoms with Gasteiger partial charge >= 0.3 is 0 Å². The molecule has 0 aliphatic carbocycles. The maximum atomic E-state index is 5.41. The summed E-state index contributed by atoms with van der Waals surface area (Å²) in [5.41, 5.74) is 4.08. The van der Waals surface area contributed by atoms with Gasteiger partial charge in [0, 0.05) is 12.5 Å². The van der Waals surface area contributed by atoms with E-state index in [1.165, 1.54) is 16.7 Å². The lowest BCUT2D eigenvalue weighted by Crippen LogP contribution is -2.21. The van der Waals surface area contributed by atoms with E-state index in [0.717, 1.165) is 25.1 Å². The van der Waals surface area contributed by atoms with Gasteiger partial charge in [-0.05, 0) is 55.6 Å². The molecule has 0 aliphatic heterocycles. The van der Waals surface area contributed by atoms with Crippen LogP contribution in [0.2, 0.25) is 0 Å². The quantitative estimate of drug-likeness (QED) is 0.839. The summed E-state index contributed by atoms with van der Waals surface area (Å²) in [5, 5.41) is 3.57. The first-order chi connectivity index (χ1) is 9.20. The Labute approximate surface area is 115 Å². The molecule has 1 heterocycles. The number of furan rings is 1. The second kappa shape index (κ2) is 6.58. The monoisotopic (exact) mass is 257 g/mol. The third kappa shape index (κ3) is 3.71. The number of hydrogen-bond acceptors (Lipinski definition) is 2. The fraction of sp³-hybridized carbons (Fsp3) is 0.412. The fourth-order valence-corrected chi connectivity index (χ4v) is 2.36. The summed E-state index contributed by atoms with van der Waals surface area (Å²) < 4.78 is 5.41. The summed E-state index contributed by atoms with van der Waals surface area (Å²) in [6.07, 6.45) is 3.77. The van der Waals surface area contributed by atoms with Gasteiger partial charge in [0.05, 0.1) is 6.26 Å². The van der Waals surface area contributed by atoms with Gasteiger partial charge in [0.2, 0.25) is 0 Å². The molecule has 0 bridgehead atoms. The summed E-state index contributed by atoms with van der Waals surface area (Å²) in [6, 6.07) is 11.1. The molecule has 19 heavy (non-hydrogen) atoms. The Morgan fingerprint density at radius 2 is 2.00 bits per heavy atom. The van der Waals surface area contributed by atoms with Gasteiger partial charge in [-0.15, -0.1) is 0 Å². The average Bonchev–Trinajstić information content (AvgIpc) is 2.91. The Morgan fingerprint density at radius 1 is 1.16 bits per heavy atom. The third-order valence-corrected chi connectivity index (χ3v) is 3.64. The minimum absolute atomic E-state index is 0.398. The molecule has 0 saturated carbocycles. The summed E-state index contributed by atoms with van der Waals surface area (Å²) in [7, 11) is 0. The molecule has 2 heteroatoms. The molecule has 2 nitrogen and oxygen atoms in total. The van der Waals surface area contributed by atoms with Crippen molar-refractivity contribution in [3.05, 3.63) is 59.0 Å². The molecule has 0 fully saturated rings. The van der Waals surface area contributed by atoms with Crippen molar-refractivity contribution in [2.24, 2.45) is 0 Å². The Bertz CT molecular complexity index is 502. The van der Waals surface area contributed by atoms with Crippen LogP contribution in [0.3, 0.4) is 0 Å². The molecule has 0 radical (unpaired) electrons. The molecule has 0 spiro atoms. The largest absolute Gasteiger partial charge is 0.469 e. The van der Waals surface area contributed by atoms with Gasteiger partial charge in [-0.25, -0.2) is 0 Å². The van der Waals surface area contributed by atoms with Gasteiger partial charge < -0.3 is 9.73 Å². The highest BCUT2D eigenvalue weighted by Gasteiger charge is 2.11. The number of benzene rings is 1. The Kier molecular flexibility index (Phi) is 4.80. The van der Waals surface area contributed by atoms with Crippen LogP contribution in [0, 0.1) is 13.8 Å². The van der Waals surface area contributed by atoms with Gasteiger partial charge in [-0.2, -0.15) is 0 Å². The van der Waals surface area contributed by atoms with Crippen molar-refractivity contribution < 1.29 is 4.42 Å². The lowest BCUT2D eigenvalue weighted by atomic mass is 9.97. The van der Waals surface area contributed by atoms with Crippen molar-refractivity contribution in [3.8, 4) is 0 Å². The molecular weight excluding hydrogens is 234 g/mol. The van der Waals surface area contributed by atoms with E-state index in [1.807, 2.05) is 12.1 Å². The van der Waals surface area contributed by atoms with E-state index >= 15 is 0 Å². The first-order valence-electron chi connectivity index (χ1n) is 7.03. The van der Waals surface area contributed by atoms with Crippen LogP contribution in [0.5, 0.6) is 0 Å². The van der Waals surface area contributed by atoms with Crippen LogP contribution in [-0.2, 0) is 6.42 Å². The van der Waals surface area contributed by atoms with Crippen LogP contribution in [0.1, 0.15) is 41.8 Å². The summed E-state index contributed by atoms with van der Waals surface area (Å²) >= 11 is 0. The zero-order valence-electron chi connectivity index (χ0n) is 12.1. The third-order valence-electron chi connectivity index (χ3n) is 3.64. The van der Waals surface area contributed by atoms with Crippen molar-refractivity contribution in [2.45, 2.75) is 39.7 Å². The second-order valence-corrected chi connectivity index (χ2v) is 5.07. The number of aryl methyl sites for hydroxylation is 3. The highest BCUT2D eigenvalue weighted by molar-refractivity contribution is 5.31. The Balaban J connectivity index is 2.07. The highest BCUT2D eigenvalue weighted by Crippen LogP contribution is 2.22. The maximum Gasteiger partial charge on any atom is 0.103 e. The molecule has 1 aromatic carbocycles. The van der Waals surface area contributed by atoms with Crippen molar-refractivity contribution in [1.29, 1.82) is 0 Å². The van der Waals surface area contributed by atoms with E-state index in [4.69, 9.17) is 4.42 Å². The SMILES string of the molecule is CCNC(CCc1ccco1)c1ccc(C)c(C)c1. The van der Waals surface area contributed by atoms with Crippen LogP contribution in [0.25, 0.3) is 0 Å². The first-order valence-corrected chi connectivity index (χ1v) is 7.03. The Morgan fingerprint density at radius 3 is 2.63 bits per heavy atom. The summed E-state index contributed by atoms with van der Waals surface area (Å²) in [5.74, 6) is 1.06. The topological polar surface area (TPSA) is 25.2 Å². The van der Waals surface area contributed by atoms with E-state index in [0.29, 0.717) is 6.04 Å². The molecule has 2 rings (SSSR count). The molecular formula is C17H23NO. The Hall–Kier alpha value is -1.54. The highest BCUT2D eigenvalue weighted by atomic mass is 16.3. The van der Waals surface area contributed by atoms with E-state index < -0.39 is 0 Å². The molecule has 1 atom stereocenters. The normalized spacial score (nSPS) is 12.6. The molecule has 1 aromatic heterocycles. The van der Waals surface area contributed by atoms with E-state index in [-0.39, 0.29) is 0 Å². The molecule has 1 unspecified atom stereocenters. The van der Waals surface area contributed by atoms with Gasteiger partial charge in [-0.3, -0.25) is 0 Å². The predicted octanol–water partition coefficient (Wildman–Crippen LogP) is 4.18. The number of rotatable bonds is 6. The first kappa shape index (κ1) is 13.9. The molecule has 0 saturated heterocycles. The van der Waals surface area contributed by atoms with Crippen LogP contribution >= 0.6 is 0 Å². The van der Waals surface area contributed by atoms with Crippen LogP contribution < -0.4 is 5.32 Å². The van der Waals surface area contributed by atoms with E-state index in [9.17, 15) is 0 Å². The minimum Gasteiger partial charge on any atom is -0.469 e. The van der Waals surface area contributed by atoms with E-state index in [2.05, 4.69) is 44.3 Å². The summed E-state index contributed by atoms with van der Waals surface area (Å²) in [4.78, 5) is 0. The van der Waals surface area contributed by atoms with E-state index in [1.54, 1.807) is 6.26 Å². The second-order valence-electron chi connectivity index (χ2n) is 5.07. The van der Waals surface area contributed by atoms with Crippen molar-refractivity contribution >= 4 is 0 Å². The van der Waals surface area contributed by atoms with Gasteiger partial charge in [0.25, 0.3) is 0 Å². The molecule has 102 valence electrons. The van der Waals surface area contributed by atoms with Gasteiger partial charge in [0.15, 0.2) is 0 Å². The molecule has 2 aromatic rings. The van der Waals surface area contributed by atoms with Crippen LogP contribution in [0.4, 0.5) is 0 Å².